The SMILES string of the molecule is O=C1c2ccc(F)cc2CCC1Cc1c[nH]c(=S)[nH]1. The Morgan fingerprint density at radius 2 is 2.26 bits per heavy atom. The number of benzene rings is 1. The Bertz CT molecular complexity index is 689. The minimum Gasteiger partial charge on any atom is -0.337 e. The van der Waals surface area contributed by atoms with E-state index in [4.69, 9.17) is 12.2 Å². The highest BCUT2D eigenvalue weighted by Crippen LogP contribution is 2.28. The van der Waals surface area contributed by atoms with Crippen LogP contribution in [0.4, 0.5) is 4.39 Å². The lowest BCUT2D eigenvalue weighted by atomic mass is 9.80. The fourth-order valence-electron chi connectivity index (χ4n) is 2.63. The molecule has 0 spiro atoms. The number of halogens is 1. The maximum absolute atomic E-state index is 13.1. The summed E-state index contributed by atoms with van der Waals surface area (Å²) in [5, 5.41) is 0. The second-order valence-corrected chi connectivity index (χ2v) is 5.28. The van der Waals surface area contributed by atoms with E-state index in [1.54, 1.807) is 12.3 Å². The van der Waals surface area contributed by atoms with Crippen LogP contribution in [0.2, 0.25) is 0 Å². The van der Waals surface area contributed by atoms with Crippen LogP contribution in [-0.4, -0.2) is 15.8 Å². The van der Waals surface area contributed by atoms with Crippen molar-refractivity contribution in [3.05, 3.63) is 51.8 Å². The van der Waals surface area contributed by atoms with Crippen LogP contribution in [-0.2, 0) is 12.8 Å². The van der Waals surface area contributed by atoms with E-state index < -0.39 is 0 Å². The van der Waals surface area contributed by atoms with Crippen LogP contribution in [0.5, 0.6) is 0 Å². The summed E-state index contributed by atoms with van der Waals surface area (Å²) in [7, 11) is 0. The average Bonchev–Trinajstić information content (AvgIpc) is 2.78. The minimum atomic E-state index is -0.278. The van der Waals surface area contributed by atoms with E-state index in [9.17, 15) is 9.18 Å². The number of carbonyl (C=O) groups is 1. The van der Waals surface area contributed by atoms with E-state index >= 15 is 0 Å². The van der Waals surface area contributed by atoms with Crippen molar-refractivity contribution in [3.8, 4) is 0 Å². The summed E-state index contributed by atoms with van der Waals surface area (Å²) < 4.78 is 13.7. The highest BCUT2D eigenvalue weighted by atomic mass is 32.1. The van der Waals surface area contributed by atoms with Gasteiger partial charge in [-0.1, -0.05) is 0 Å². The molecule has 0 amide bonds. The van der Waals surface area contributed by atoms with E-state index in [0.717, 1.165) is 24.1 Å². The van der Waals surface area contributed by atoms with Crippen LogP contribution in [0.15, 0.2) is 24.4 Å². The highest BCUT2D eigenvalue weighted by molar-refractivity contribution is 7.71. The van der Waals surface area contributed by atoms with E-state index in [0.29, 0.717) is 16.8 Å². The maximum Gasteiger partial charge on any atom is 0.174 e. The summed E-state index contributed by atoms with van der Waals surface area (Å²) in [6.45, 7) is 0. The normalized spacial score (nSPS) is 18.4. The largest absolute Gasteiger partial charge is 0.337 e. The molecule has 1 aromatic heterocycles. The van der Waals surface area contributed by atoms with Crippen LogP contribution >= 0.6 is 12.2 Å². The predicted octanol–water partition coefficient (Wildman–Crippen LogP) is 3.20. The molecule has 0 radical (unpaired) electrons. The van der Waals surface area contributed by atoms with Crippen LogP contribution in [0.1, 0.15) is 28.0 Å². The van der Waals surface area contributed by atoms with E-state index in [1.807, 2.05) is 0 Å². The molecule has 2 N–H and O–H groups in total. The van der Waals surface area contributed by atoms with Gasteiger partial charge < -0.3 is 9.97 Å². The van der Waals surface area contributed by atoms with Gasteiger partial charge in [-0.25, -0.2) is 4.39 Å². The average molecular weight is 276 g/mol. The molecule has 5 heteroatoms. The molecule has 1 aliphatic rings. The standard InChI is InChI=1S/C14H13FN2OS/c15-10-3-4-12-8(5-10)1-2-9(13(12)18)6-11-7-16-14(19)17-11/h3-5,7,9H,1-2,6H2,(H2,16,17,19). The summed E-state index contributed by atoms with van der Waals surface area (Å²) in [5.74, 6) is -0.235. The Kier molecular flexibility index (Phi) is 3.06. The number of aromatic nitrogens is 2. The molecule has 0 aliphatic heterocycles. The van der Waals surface area contributed by atoms with Crippen LogP contribution in [0.25, 0.3) is 0 Å². The highest BCUT2D eigenvalue weighted by Gasteiger charge is 2.27. The fraction of sp³-hybridized carbons (Fsp3) is 0.286. The van der Waals surface area contributed by atoms with Gasteiger partial charge in [0.15, 0.2) is 10.6 Å². The van der Waals surface area contributed by atoms with Crippen molar-refractivity contribution in [3.63, 3.8) is 0 Å². The van der Waals surface area contributed by atoms with Gasteiger partial charge in [0.2, 0.25) is 0 Å². The molecule has 1 aliphatic carbocycles. The Hall–Kier alpha value is -1.75. The zero-order valence-electron chi connectivity index (χ0n) is 10.2. The molecule has 0 fully saturated rings. The third kappa shape index (κ3) is 2.38. The molecular formula is C14H13FN2OS. The topological polar surface area (TPSA) is 48.6 Å². The van der Waals surface area contributed by atoms with Crippen molar-refractivity contribution < 1.29 is 9.18 Å². The number of hydrogen-bond acceptors (Lipinski definition) is 2. The molecule has 0 saturated carbocycles. The first-order valence-corrected chi connectivity index (χ1v) is 6.63. The van der Waals surface area contributed by atoms with E-state index in [-0.39, 0.29) is 17.5 Å². The number of fused-ring (bicyclic) bond motifs is 1. The number of hydrogen-bond donors (Lipinski definition) is 2. The Morgan fingerprint density at radius 1 is 1.42 bits per heavy atom. The van der Waals surface area contributed by atoms with Gasteiger partial charge in [0.05, 0.1) is 0 Å². The Balaban J connectivity index is 1.85. The van der Waals surface area contributed by atoms with Gasteiger partial charge in [0.1, 0.15) is 5.82 Å². The van der Waals surface area contributed by atoms with Crippen molar-refractivity contribution in [2.45, 2.75) is 19.3 Å². The second-order valence-electron chi connectivity index (χ2n) is 4.87. The number of aromatic amines is 2. The smallest absolute Gasteiger partial charge is 0.174 e. The molecular weight excluding hydrogens is 263 g/mol. The van der Waals surface area contributed by atoms with Gasteiger partial charge in [-0.15, -0.1) is 0 Å². The van der Waals surface area contributed by atoms with Crippen molar-refractivity contribution in [1.82, 2.24) is 9.97 Å². The van der Waals surface area contributed by atoms with Crippen LogP contribution < -0.4 is 0 Å². The molecule has 1 unspecified atom stereocenters. The quantitative estimate of drug-likeness (QED) is 0.827. The molecule has 2 aromatic rings. The molecule has 1 heterocycles. The molecule has 1 atom stereocenters. The molecule has 0 saturated heterocycles. The first-order chi connectivity index (χ1) is 9.13. The van der Waals surface area contributed by atoms with Crippen molar-refractivity contribution in [2.75, 3.05) is 0 Å². The summed E-state index contributed by atoms with van der Waals surface area (Å²) in [5.41, 5.74) is 2.42. The van der Waals surface area contributed by atoms with Gasteiger partial charge in [-0.3, -0.25) is 4.79 Å². The number of aryl methyl sites for hydroxylation is 1. The third-order valence-electron chi connectivity index (χ3n) is 3.58. The number of H-pyrrole nitrogens is 2. The number of nitrogens with one attached hydrogen (secondary N) is 2. The summed E-state index contributed by atoms with van der Waals surface area (Å²) >= 11 is 4.97. The molecule has 3 rings (SSSR count). The summed E-state index contributed by atoms with van der Waals surface area (Å²) in [6, 6.07) is 4.41. The first kappa shape index (κ1) is 12.3. The monoisotopic (exact) mass is 276 g/mol. The van der Waals surface area contributed by atoms with E-state index in [2.05, 4.69) is 9.97 Å². The number of ketones is 1. The fourth-order valence-corrected chi connectivity index (χ4v) is 2.82. The van der Waals surface area contributed by atoms with E-state index in [1.165, 1.54) is 12.1 Å². The number of imidazole rings is 1. The number of Topliss-reactive ketones (excluding diaryl/α,β-unsaturated/α-hetero) is 1. The zero-order valence-corrected chi connectivity index (χ0v) is 11.0. The van der Waals surface area contributed by atoms with Crippen molar-refractivity contribution >= 4 is 18.0 Å². The molecule has 19 heavy (non-hydrogen) atoms. The molecule has 0 bridgehead atoms. The van der Waals surface area contributed by atoms with Crippen LogP contribution in [0, 0.1) is 16.5 Å². The first-order valence-electron chi connectivity index (χ1n) is 6.22. The van der Waals surface area contributed by atoms with Crippen molar-refractivity contribution in [2.24, 2.45) is 5.92 Å². The number of rotatable bonds is 2. The van der Waals surface area contributed by atoms with Crippen molar-refractivity contribution in [1.29, 1.82) is 0 Å². The lowest BCUT2D eigenvalue weighted by Crippen LogP contribution is -2.24. The van der Waals surface area contributed by atoms with Gasteiger partial charge in [-0.2, -0.15) is 0 Å². The second kappa shape index (κ2) is 4.74. The van der Waals surface area contributed by atoms with Gasteiger partial charge in [0.25, 0.3) is 0 Å². The Labute approximate surface area is 114 Å². The van der Waals surface area contributed by atoms with Gasteiger partial charge >= 0.3 is 0 Å². The Morgan fingerprint density at radius 3 is 3.00 bits per heavy atom. The molecule has 1 aromatic carbocycles. The van der Waals surface area contributed by atoms with Crippen LogP contribution in [0.3, 0.4) is 0 Å². The van der Waals surface area contributed by atoms with Gasteiger partial charge in [-0.05, 0) is 55.2 Å². The third-order valence-corrected chi connectivity index (χ3v) is 3.80. The summed E-state index contributed by atoms with van der Waals surface area (Å²) in [4.78, 5) is 18.3. The minimum absolute atomic E-state index is 0.0561. The lowest BCUT2D eigenvalue weighted by molar-refractivity contribution is 0.0900. The zero-order chi connectivity index (χ0) is 13.4. The number of carbonyl (C=O) groups excluding carboxylic acids is 1. The van der Waals surface area contributed by atoms with Gasteiger partial charge in [0, 0.05) is 23.4 Å². The lowest BCUT2D eigenvalue weighted by Gasteiger charge is -2.22. The molecule has 98 valence electrons. The molecule has 3 nitrogen and oxygen atoms in total. The predicted molar refractivity (Wildman–Crippen MR) is 72.2 cm³/mol. The summed E-state index contributed by atoms with van der Waals surface area (Å²) in [6.07, 6.45) is 3.94. The maximum atomic E-state index is 13.1.